The molecular formula is C17H28N2O. The second kappa shape index (κ2) is 7.75. The molecule has 1 N–H and O–H groups in total. The first-order valence-electron chi connectivity index (χ1n) is 7.96. The molecule has 20 heavy (non-hydrogen) atoms. The van der Waals surface area contributed by atoms with E-state index in [4.69, 9.17) is 4.74 Å². The van der Waals surface area contributed by atoms with E-state index in [0.717, 1.165) is 32.4 Å². The van der Waals surface area contributed by atoms with Crippen LogP contribution in [0.5, 0.6) is 0 Å². The van der Waals surface area contributed by atoms with Crippen molar-refractivity contribution in [3.05, 3.63) is 30.1 Å². The third-order valence-electron chi connectivity index (χ3n) is 4.17. The van der Waals surface area contributed by atoms with Crippen LogP contribution in [0.1, 0.15) is 51.5 Å². The third kappa shape index (κ3) is 4.88. The Labute approximate surface area is 123 Å². The molecule has 1 fully saturated rings. The molecule has 1 saturated carbocycles. The van der Waals surface area contributed by atoms with Crippen LogP contribution in [-0.4, -0.2) is 29.8 Å². The summed E-state index contributed by atoms with van der Waals surface area (Å²) in [6.45, 7) is 6.35. The van der Waals surface area contributed by atoms with Crippen molar-refractivity contribution < 1.29 is 4.74 Å². The van der Waals surface area contributed by atoms with Crippen LogP contribution in [-0.2, 0) is 11.2 Å². The number of nitrogens with zero attached hydrogens (tertiary/aromatic N) is 1. The molecule has 2 rings (SSSR count). The van der Waals surface area contributed by atoms with Gasteiger partial charge in [-0.3, -0.25) is 4.98 Å². The van der Waals surface area contributed by atoms with E-state index >= 15 is 0 Å². The molecule has 0 saturated heterocycles. The smallest absolute Gasteiger partial charge is 0.0694 e. The number of nitrogens with one attached hydrogen (secondary N) is 1. The quantitative estimate of drug-likeness (QED) is 0.702. The highest BCUT2D eigenvalue weighted by Crippen LogP contribution is 2.38. The molecule has 0 bridgehead atoms. The lowest BCUT2D eigenvalue weighted by Crippen LogP contribution is -2.43. The van der Waals surface area contributed by atoms with E-state index in [1.807, 2.05) is 12.4 Å². The van der Waals surface area contributed by atoms with E-state index in [-0.39, 0.29) is 5.60 Å². The Bertz CT molecular complexity index is 374. The first-order chi connectivity index (χ1) is 9.70. The van der Waals surface area contributed by atoms with Crippen molar-refractivity contribution in [1.82, 2.24) is 10.3 Å². The van der Waals surface area contributed by atoms with Gasteiger partial charge in [-0.2, -0.15) is 0 Å². The lowest BCUT2D eigenvalue weighted by atomic mass is 9.77. The van der Waals surface area contributed by atoms with Gasteiger partial charge in [0.1, 0.15) is 0 Å². The number of rotatable bonds is 9. The number of aromatic nitrogens is 1. The van der Waals surface area contributed by atoms with Crippen molar-refractivity contribution >= 4 is 0 Å². The molecular weight excluding hydrogens is 248 g/mol. The fraction of sp³-hybridized carbons (Fsp3) is 0.706. The van der Waals surface area contributed by atoms with Gasteiger partial charge in [0.15, 0.2) is 0 Å². The fourth-order valence-corrected chi connectivity index (χ4v) is 2.74. The van der Waals surface area contributed by atoms with Gasteiger partial charge in [-0.25, -0.2) is 0 Å². The van der Waals surface area contributed by atoms with Gasteiger partial charge in [-0.1, -0.05) is 13.8 Å². The number of ether oxygens (including phenoxy) is 1. The number of aryl methyl sites for hydroxylation is 1. The van der Waals surface area contributed by atoms with Crippen LogP contribution >= 0.6 is 0 Å². The Morgan fingerprint density at radius 3 is 2.65 bits per heavy atom. The molecule has 112 valence electrons. The molecule has 1 aliphatic rings. The zero-order valence-electron chi connectivity index (χ0n) is 12.9. The Hall–Kier alpha value is -0.930. The van der Waals surface area contributed by atoms with Crippen molar-refractivity contribution in [2.24, 2.45) is 0 Å². The molecule has 1 aliphatic carbocycles. The number of hydrogen-bond acceptors (Lipinski definition) is 3. The number of hydrogen-bond donors (Lipinski definition) is 1. The largest absolute Gasteiger partial charge is 0.375 e. The van der Waals surface area contributed by atoms with Crippen LogP contribution in [0.15, 0.2) is 24.5 Å². The van der Waals surface area contributed by atoms with E-state index in [1.165, 1.54) is 24.8 Å². The Kier molecular flexibility index (Phi) is 5.99. The highest BCUT2D eigenvalue weighted by molar-refractivity contribution is 5.09. The van der Waals surface area contributed by atoms with Crippen LogP contribution in [0.2, 0.25) is 0 Å². The third-order valence-corrected chi connectivity index (χ3v) is 4.17. The summed E-state index contributed by atoms with van der Waals surface area (Å²) in [7, 11) is 0. The molecule has 0 spiro atoms. The average molecular weight is 276 g/mol. The van der Waals surface area contributed by atoms with Crippen molar-refractivity contribution in [3.63, 3.8) is 0 Å². The maximum atomic E-state index is 6.21. The molecule has 0 aromatic carbocycles. The van der Waals surface area contributed by atoms with Crippen LogP contribution in [0.3, 0.4) is 0 Å². The summed E-state index contributed by atoms with van der Waals surface area (Å²) in [6.07, 6.45) is 10.9. The van der Waals surface area contributed by atoms with Gasteiger partial charge in [0.05, 0.1) is 5.60 Å². The first kappa shape index (κ1) is 15.5. The highest BCUT2D eigenvalue weighted by Gasteiger charge is 2.37. The molecule has 0 amide bonds. The maximum absolute atomic E-state index is 6.21. The van der Waals surface area contributed by atoms with E-state index in [0.29, 0.717) is 6.04 Å². The summed E-state index contributed by atoms with van der Waals surface area (Å²) in [5.41, 5.74) is 1.54. The molecule has 0 unspecified atom stereocenters. The summed E-state index contributed by atoms with van der Waals surface area (Å²) in [5, 5.41) is 3.50. The lowest BCUT2D eigenvalue weighted by molar-refractivity contribution is -0.105. The monoisotopic (exact) mass is 276 g/mol. The molecule has 1 heterocycles. The Balaban J connectivity index is 1.63. The van der Waals surface area contributed by atoms with E-state index in [9.17, 15) is 0 Å². The van der Waals surface area contributed by atoms with Crippen molar-refractivity contribution in [2.45, 2.75) is 64.0 Å². The van der Waals surface area contributed by atoms with Crippen molar-refractivity contribution in [1.29, 1.82) is 0 Å². The zero-order chi connectivity index (χ0) is 14.3. The molecule has 1 aromatic rings. The van der Waals surface area contributed by atoms with Gasteiger partial charge in [-0.15, -0.1) is 0 Å². The zero-order valence-corrected chi connectivity index (χ0v) is 12.9. The summed E-state index contributed by atoms with van der Waals surface area (Å²) in [5.74, 6) is 0. The van der Waals surface area contributed by atoms with E-state index < -0.39 is 0 Å². The SMILES string of the molecule is CC(C)NCCC1(OCCCc2ccncc2)CCC1. The molecule has 0 radical (unpaired) electrons. The standard InChI is InChI=1S/C17H28N2O/c1-15(2)19-13-10-17(8-4-9-17)20-14-3-5-16-6-11-18-12-7-16/h6-7,11-12,15,19H,3-5,8-10,13-14H2,1-2H3. The second-order valence-electron chi connectivity index (χ2n) is 6.20. The van der Waals surface area contributed by atoms with Crippen LogP contribution in [0, 0.1) is 0 Å². The van der Waals surface area contributed by atoms with Gasteiger partial charge in [0.2, 0.25) is 0 Å². The van der Waals surface area contributed by atoms with E-state index in [1.54, 1.807) is 0 Å². The predicted molar refractivity (Wildman–Crippen MR) is 82.8 cm³/mol. The average Bonchev–Trinajstić information content (AvgIpc) is 2.40. The van der Waals surface area contributed by atoms with Gasteiger partial charge in [0.25, 0.3) is 0 Å². The lowest BCUT2D eigenvalue weighted by Gasteiger charge is -2.42. The van der Waals surface area contributed by atoms with Gasteiger partial charge in [0, 0.05) is 25.0 Å². The summed E-state index contributed by atoms with van der Waals surface area (Å²) in [6, 6.07) is 4.75. The first-order valence-corrected chi connectivity index (χ1v) is 7.96. The molecule has 0 aliphatic heterocycles. The van der Waals surface area contributed by atoms with Gasteiger partial charge >= 0.3 is 0 Å². The second-order valence-corrected chi connectivity index (χ2v) is 6.20. The summed E-state index contributed by atoms with van der Waals surface area (Å²) in [4.78, 5) is 4.04. The maximum Gasteiger partial charge on any atom is 0.0694 e. The summed E-state index contributed by atoms with van der Waals surface area (Å²) < 4.78 is 6.21. The minimum absolute atomic E-state index is 0.181. The molecule has 1 aromatic heterocycles. The highest BCUT2D eigenvalue weighted by atomic mass is 16.5. The van der Waals surface area contributed by atoms with Gasteiger partial charge < -0.3 is 10.1 Å². The van der Waals surface area contributed by atoms with Crippen LogP contribution in [0.4, 0.5) is 0 Å². The molecule has 3 heteroatoms. The molecule has 3 nitrogen and oxygen atoms in total. The normalized spacial score (nSPS) is 17.1. The number of pyridine rings is 1. The van der Waals surface area contributed by atoms with E-state index in [2.05, 4.69) is 36.3 Å². The van der Waals surface area contributed by atoms with Crippen LogP contribution < -0.4 is 5.32 Å². The van der Waals surface area contributed by atoms with Gasteiger partial charge in [-0.05, 0) is 62.8 Å². The predicted octanol–water partition coefficient (Wildman–Crippen LogP) is 3.34. The Morgan fingerprint density at radius 2 is 2.05 bits per heavy atom. The molecule has 0 atom stereocenters. The van der Waals surface area contributed by atoms with Crippen molar-refractivity contribution in [2.75, 3.05) is 13.2 Å². The fourth-order valence-electron chi connectivity index (χ4n) is 2.74. The Morgan fingerprint density at radius 1 is 1.30 bits per heavy atom. The van der Waals surface area contributed by atoms with Crippen molar-refractivity contribution in [3.8, 4) is 0 Å². The summed E-state index contributed by atoms with van der Waals surface area (Å²) >= 11 is 0. The topological polar surface area (TPSA) is 34.1 Å². The minimum Gasteiger partial charge on any atom is -0.375 e. The minimum atomic E-state index is 0.181. The van der Waals surface area contributed by atoms with Crippen LogP contribution in [0.25, 0.3) is 0 Å².